The van der Waals surface area contributed by atoms with Gasteiger partial charge in [-0.15, -0.1) is 0 Å². The number of anilines is 2. The first kappa shape index (κ1) is 19.3. The van der Waals surface area contributed by atoms with E-state index in [0.29, 0.717) is 23.5 Å². The second-order valence-electron chi connectivity index (χ2n) is 6.94. The van der Waals surface area contributed by atoms with Crippen LogP contribution in [0.4, 0.5) is 11.4 Å². The Labute approximate surface area is 172 Å². The minimum Gasteiger partial charge on any atom is -0.340 e. The number of carbonyl (C=O) groups excluding carboxylic acids is 3. The molecule has 9 heteroatoms. The second-order valence-corrected chi connectivity index (χ2v) is 6.94. The van der Waals surface area contributed by atoms with E-state index in [2.05, 4.69) is 26.0 Å². The molecule has 1 unspecified atom stereocenters. The largest absolute Gasteiger partial charge is 0.340 e. The van der Waals surface area contributed by atoms with E-state index in [4.69, 9.17) is 0 Å². The van der Waals surface area contributed by atoms with E-state index < -0.39 is 6.04 Å². The first-order valence-electron chi connectivity index (χ1n) is 9.50. The molecule has 4 rings (SSSR count). The van der Waals surface area contributed by atoms with Crippen LogP contribution >= 0.6 is 0 Å². The fraction of sp³-hybridized carbons (Fsp3) is 0.190. The third-order valence-corrected chi connectivity index (χ3v) is 4.76. The number of nitrogens with one attached hydrogen (secondary N) is 3. The number of carbonyl (C=O) groups is 3. The number of rotatable bonds is 6. The molecule has 3 N–H and O–H groups in total. The van der Waals surface area contributed by atoms with Crippen LogP contribution in [0.3, 0.4) is 0 Å². The smallest absolute Gasteiger partial charge is 0.254 e. The van der Waals surface area contributed by atoms with Gasteiger partial charge in [0.2, 0.25) is 11.8 Å². The van der Waals surface area contributed by atoms with E-state index in [1.54, 1.807) is 47.4 Å². The van der Waals surface area contributed by atoms with E-state index in [1.165, 1.54) is 6.33 Å². The van der Waals surface area contributed by atoms with Crippen molar-refractivity contribution in [3.05, 3.63) is 72.3 Å². The Morgan fingerprint density at radius 2 is 1.90 bits per heavy atom. The number of amides is 3. The van der Waals surface area contributed by atoms with Crippen LogP contribution in [0.5, 0.6) is 0 Å². The highest BCUT2D eigenvalue weighted by Crippen LogP contribution is 2.19. The van der Waals surface area contributed by atoms with Crippen molar-refractivity contribution in [2.75, 3.05) is 10.6 Å². The minimum atomic E-state index is -0.777. The quantitative estimate of drug-likeness (QED) is 0.579. The topological polar surface area (TPSA) is 118 Å². The average Bonchev–Trinajstić information content (AvgIpc) is 3.21. The molecule has 0 spiro atoms. The Morgan fingerprint density at radius 1 is 1.10 bits per heavy atom. The lowest BCUT2D eigenvalue weighted by molar-refractivity contribution is -0.118. The number of nitrogens with zero attached hydrogens (tertiary/aromatic N) is 3. The summed E-state index contributed by atoms with van der Waals surface area (Å²) in [5.41, 5.74) is 2.56. The van der Waals surface area contributed by atoms with E-state index in [0.717, 1.165) is 5.56 Å². The van der Waals surface area contributed by atoms with Crippen LogP contribution in [-0.2, 0) is 16.1 Å². The molecular weight excluding hydrogens is 384 g/mol. The van der Waals surface area contributed by atoms with Gasteiger partial charge in [-0.3, -0.25) is 14.4 Å². The van der Waals surface area contributed by atoms with E-state index >= 15 is 0 Å². The van der Waals surface area contributed by atoms with Crippen molar-refractivity contribution in [1.82, 2.24) is 20.1 Å². The number of benzene rings is 2. The van der Waals surface area contributed by atoms with Crippen LogP contribution in [0.25, 0.3) is 0 Å². The van der Waals surface area contributed by atoms with Gasteiger partial charge in [-0.25, -0.2) is 9.67 Å². The molecule has 30 heavy (non-hydrogen) atoms. The maximum atomic E-state index is 12.4. The fourth-order valence-electron chi connectivity index (χ4n) is 3.21. The summed E-state index contributed by atoms with van der Waals surface area (Å²) in [5.74, 6) is -0.904. The highest BCUT2D eigenvalue weighted by molar-refractivity contribution is 6.09. The van der Waals surface area contributed by atoms with Crippen LogP contribution in [0, 0.1) is 0 Å². The summed E-state index contributed by atoms with van der Waals surface area (Å²) >= 11 is 0. The molecule has 2 aromatic carbocycles. The van der Waals surface area contributed by atoms with Crippen molar-refractivity contribution in [2.45, 2.75) is 25.4 Å². The molecular formula is C21H20N6O3. The summed E-state index contributed by atoms with van der Waals surface area (Å²) in [6, 6.07) is 13.4. The van der Waals surface area contributed by atoms with Gasteiger partial charge in [0.05, 0.1) is 17.8 Å². The summed E-state index contributed by atoms with van der Waals surface area (Å²) in [6.07, 6.45) is 3.40. The van der Waals surface area contributed by atoms with E-state index in [9.17, 15) is 14.4 Å². The lowest BCUT2D eigenvalue weighted by Crippen LogP contribution is -2.41. The summed E-state index contributed by atoms with van der Waals surface area (Å²) in [6.45, 7) is 0.590. The zero-order valence-electron chi connectivity index (χ0n) is 16.0. The van der Waals surface area contributed by atoms with Crippen LogP contribution < -0.4 is 16.0 Å². The van der Waals surface area contributed by atoms with Crippen LogP contribution in [0.15, 0.2) is 61.2 Å². The molecule has 0 radical (unpaired) electrons. The molecule has 1 aliphatic rings. The summed E-state index contributed by atoms with van der Waals surface area (Å²) in [4.78, 5) is 40.9. The molecule has 0 aliphatic carbocycles. The molecule has 1 atom stereocenters. The molecule has 3 amide bonds. The minimum absolute atomic E-state index is 0.0927. The normalized spacial score (nSPS) is 15.5. The SMILES string of the molecule is O=C(CCC1NC(=O)c2ccccc2NC1=O)Nc1ccc(Cn2cncn2)cc1. The Kier molecular flexibility index (Phi) is 5.51. The highest BCUT2D eigenvalue weighted by Gasteiger charge is 2.27. The Bertz CT molecular complexity index is 1060. The van der Waals surface area contributed by atoms with E-state index in [-0.39, 0.29) is 30.6 Å². The van der Waals surface area contributed by atoms with Gasteiger partial charge in [-0.1, -0.05) is 24.3 Å². The Hall–Kier alpha value is -4.01. The van der Waals surface area contributed by atoms with Crippen LogP contribution in [0.1, 0.15) is 28.8 Å². The van der Waals surface area contributed by atoms with Crippen molar-refractivity contribution in [1.29, 1.82) is 0 Å². The van der Waals surface area contributed by atoms with Crippen molar-refractivity contribution in [3.8, 4) is 0 Å². The van der Waals surface area contributed by atoms with Gasteiger partial charge in [-0.2, -0.15) is 5.10 Å². The van der Waals surface area contributed by atoms with Crippen molar-refractivity contribution >= 4 is 29.1 Å². The van der Waals surface area contributed by atoms with Gasteiger partial charge in [0.15, 0.2) is 0 Å². The first-order chi connectivity index (χ1) is 14.6. The predicted molar refractivity (Wildman–Crippen MR) is 110 cm³/mol. The van der Waals surface area contributed by atoms with Gasteiger partial charge in [0.1, 0.15) is 18.7 Å². The number of hydrogen-bond donors (Lipinski definition) is 3. The molecule has 152 valence electrons. The maximum Gasteiger partial charge on any atom is 0.254 e. The molecule has 2 heterocycles. The summed E-state index contributed by atoms with van der Waals surface area (Å²) in [5, 5.41) is 12.3. The molecule has 0 saturated heterocycles. The standard InChI is InChI=1S/C21H20N6O3/c28-19(24-15-7-5-14(6-8-15)11-27-13-22-12-23-27)10-9-18-21(30)25-17-4-2-1-3-16(17)20(29)26-18/h1-8,12-13,18H,9-11H2,(H,24,28)(H,25,30)(H,26,29). The first-order valence-corrected chi connectivity index (χ1v) is 9.50. The zero-order valence-corrected chi connectivity index (χ0v) is 16.0. The van der Waals surface area contributed by atoms with Crippen LogP contribution in [-0.4, -0.2) is 38.5 Å². The number of para-hydroxylation sites is 1. The Morgan fingerprint density at radius 3 is 2.67 bits per heavy atom. The Balaban J connectivity index is 1.30. The van der Waals surface area contributed by atoms with Gasteiger partial charge in [0, 0.05) is 12.1 Å². The van der Waals surface area contributed by atoms with E-state index in [1.807, 2.05) is 12.1 Å². The van der Waals surface area contributed by atoms with Crippen LogP contribution in [0.2, 0.25) is 0 Å². The zero-order chi connectivity index (χ0) is 20.9. The molecule has 0 saturated carbocycles. The third kappa shape index (κ3) is 4.52. The van der Waals surface area contributed by atoms with Gasteiger partial charge in [0.25, 0.3) is 5.91 Å². The summed E-state index contributed by atoms with van der Waals surface area (Å²) < 4.78 is 1.71. The predicted octanol–water partition coefficient (Wildman–Crippen LogP) is 1.80. The lowest BCUT2D eigenvalue weighted by atomic mass is 10.1. The van der Waals surface area contributed by atoms with Gasteiger partial charge in [-0.05, 0) is 36.2 Å². The number of hydrogen-bond acceptors (Lipinski definition) is 5. The van der Waals surface area contributed by atoms with Gasteiger partial charge >= 0.3 is 0 Å². The van der Waals surface area contributed by atoms with Gasteiger partial charge < -0.3 is 16.0 Å². The fourth-order valence-corrected chi connectivity index (χ4v) is 3.21. The van der Waals surface area contributed by atoms with Crippen molar-refractivity contribution < 1.29 is 14.4 Å². The molecule has 3 aromatic rings. The molecule has 1 aliphatic heterocycles. The van der Waals surface area contributed by atoms with Crippen molar-refractivity contribution in [3.63, 3.8) is 0 Å². The monoisotopic (exact) mass is 404 g/mol. The highest BCUT2D eigenvalue weighted by atomic mass is 16.2. The maximum absolute atomic E-state index is 12.4. The molecule has 1 aromatic heterocycles. The van der Waals surface area contributed by atoms with Crippen molar-refractivity contribution in [2.24, 2.45) is 0 Å². The average molecular weight is 404 g/mol. The lowest BCUT2D eigenvalue weighted by Gasteiger charge is -2.14. The molecule has 9 nitrogen and oxygen atoms in total. The molecule has 0 fully saturated rings. The number of aromatic nitrogens is 3. The summed E-state index contributed by atoms with van der Waals surface area (Å²) in [7, 11) is 0. The second kappa shape index (κ2) is 8.56. The number of fused-ring (bicyclic) bond motifs is 1. The third-order valence-electron chi connectivity index (χ3n) is 4.76. The molecule has 0 bridgehead atoms.